The van der Waals surface area contributed by atoms with Gasteiger partial charge in [-0.3, -0.25) is 9.79 Å². The van der Waals surface area contributed by atoms with E-state index in [0.29, 0.717) is 11.8 Å². The van der Waals surface area contributed by atoms with Crippen molar-refractivity contribution in [2.75, 3.05) is 5.32 Å². The number of nitriles is 1. The average molecular weight is 437 g/mol. The number of nitrogens with two attached hydrogens (primary N) is 1. The molecule has 0 saturated carbocycles. The molecular formula is C19H15F4N5OS. The summed E-state index contributed by atoms with van der Waals surface area (Å²) in [5.41, 5.74) is 4.35. The van der Waals surface area contributed by atoms with E-state index in [2.05, 4.69) is 15.3 Å². The van der Waals surface area contributed by atoms with Crippen LogP contribution >= 0.6 is 11.8 Å². The Morgan fingerprint density at radius 1 is 1.37 bits per heavy atom. The van der Waals surface area contributed by atoms with Gasteiger partial charge in [-0.05, 0) is 43.7 Å². The van der Waals surface area contributed by atoms with E-state index in [1.165, 1.54) is 37.4 Å². The van der Waals surface area contributed by atoms with Gasteiger partial charge in [-0.2, -0.15) is 18.4 Å². The lowest BCUT2D eigenvalue weighted by molar-refractivity contribution is -0.132. The lowest BCUT2D eigenvalue weighted by Crippen LogP contribution is -2.40. The number of pyridine rings is 1. The Morgan fingerprint density at radius 2 is 2.10 bits per heavy atom. The van der Waals surface area contributed by atoms with Crippen LogP contribution in [0.15, 0.2) is 41.5 Å². The quantitative estimate of drug-likeness (QED) is 0.708. The third kappa shape index (κ3) is 4.54. The summed E-state index contributed by atoms with van der Waals surface area (Å²) in [5, 5.41) is 9.17. The van der Waals surface area contributed by atoms with Crippen LogP contribution in [-0.2, 0) is 5.54 Å². The molecule has 3 rings (SSSR count). The maximum absolute atomic E-state index is 14.5. The van der Waals surface area contributed by atoms with Crippen LogP contribution < -0.4 is 11.1 Å². The van der Waals surface area contributed by atoms with Crippen LogP contribution in [0.5, 0.6) is 0 Å². The average Bonchev–Trinajstić information content (AvgIpc) is 2.68. The van der Waals surface area contributed by atoms with Gasteiger partial charge in [0.05, 0.1) is 11.1 Å². The number of halogens is 4. The second-order valence-corrected chi connectivity index (χ2v) is 7.99. The van der Waals surface area contributed by atoms with Crippen molar-refractivity contribution in [3.05, 3.63) is 59.2 Å². The van der Waals surface area contributed by atoms with Gasteiger partial charge in [0.25, 0.3) is 5.91 Å². The zero-order chi connectivity index (χ0) is 22.1. The predicted octanol–water partition coefficient (Wildman–Crippen LogP) is 3.94. The van der Waals surface area contributed by atoms with Gasteiger partial charge in [0.2, 0.25) is 0 Å². The van der Waals surface area contributed by atoms with E-state index >= 15 is 0 Å². The zero-order valence-corrected chi connectivity index (χ0v) is 16.3. The molecule has 30 heavy (non-hydrogen) atoms. The minimum Gasteiger partial charge on any atom is -0.378 e. The highest BCUT2D eigenvalue weighted by atomic mass is 32.2. The summed E-state index contributed by atoms with van der Waals surface area (Å²) >= 11 is 0.391. The standard InChI is InChI=1S/C19H15F4N5OS/c1-18(7-15(19(21,22)23)30-17(25)28-18)12-6-11(3-4-13(12)20)27-16(29)14-5-2-10(8-24)9-26-14/h2-6,9,15H,7H2,1H3,(H2,25,28)(H,27,29)/t15-,18-/m0/s1. The van der Waals surface area contributed by atoms with E-state index in [1.54, 1.807) is 0 Å². The number of benzene rings is 1. The monoisotopic (exact) mass is 437 g/mol. The lowest BCUT2D eigenvalue weighted by atomic mass is 9.86. The summed E-state index contributed by atoms with van der Waals surface area (Å²) in [6, 6.07) is 8.18. The molecule has 0 fully saturated rings. The van der Waals surface area contributed by atoms with Crippen LogP contribution in [0.1, 0.15) is 35.0 Å². The topological polar surface area (TPSA) is 104 Å². The SMILES string of the molecule is C[C@@]1(c2cc(NC(=O)c3ccc(C#N)cn3)ccc2F)C[C@@H](C(F)(F)F)SC(N)=N1. The second-order valence-electron chi connectivity index (χ2n) is 6.77. The van der Waals surface area contributed by atoms with Crippen LogP contribution in [0.3, 0.4) is 0 Å². The fourth-order valence-electron chi connectivity index (χ4n) is 3.02. The summed E-state index contributed by atoms with van der Waals surface area (Å²) in [4.78, 5) is 20.3. The number of amides is 1. The second kappa shape index (κ2) is 7.95. The summed E-state index contributed by atoms with van der Waals surface area (Å²) in [6.07, 6.45) is -3.82. The van der Waals surface area contributed by atoms with E-state index in [9.17, 15) is 22.4 Å². The minimum absolute atomic E-state index is 0.0135. The molecule has 0 unspecified atom stereocenters. The first-order chi connectivity index (χ1) is 14.0. The van der Waals surface area contributed by atoms with Crippen LogP contribution in [0.25, 0.3) is 0 Å². The number of amidine groups is 1. The molecule has 2 aromatic rings. The molecule has 1 aliphatic rings. The van der Waals surface area contributed by atoms with Gasteiger partial charge < -0.3 is 11.1 Å². The maximum atomic E-state index is 14.5. The molecule has 2 atom stereocenters. The lowest BCUT2D eigenvalue weighted by Gasteiger charge is -2.35. The van der Waals surface area contributed by atoms with Gasteiger partial charge in [-0.1, -0.05) is 11.8 Å². The van der Waals surface area contributed by atoms with E-state index in [1.807, 2.05) is 6.07 Å². The molecule has 156 valence electrons. The molecule has 1 aliphatic heterocycles. The number of aromatic nitrogens is 1. The molecular weight excluding hydrogens is 422 g/mol. The molecule has 0 spiro atoms. The zero-order valence-electron chi connectivity index (χ0n) is 15.5. The van der Waals surface area contributed by atoms with Gasteiger partial charge >= 0.3 is 6.18 Å². The number of hydrogen-bond acceptors (Lipinski definition) is 6. The third-order valence-corrected chi connectivity index (χ3v) is 5.55. The Balaban J connectivity index is 1.90. The first-order valence-electron chi connectivity index (χ1n) is 8.58. The molecule has 2 heterocycles. The highest BCUT2D eigenvalue weighted by Crippen LogP contribution is 2.45. The molecule has 0 bridgehead atoms. The highest BCUT2D eigenvalue weighted by molar-refractivity contribution is 8.14. The number of nitrogens with one attached hydrogen (secondary N) is 1. The molecule has 6 nitrogen and oxygen atoms in total. The van der Waals surface area contributed by atoms with E-state index in [4.69, 9.17) is 11.0 Å². The first kappa shape index (κ1) is 21.6. The van der Waals surface area contributed by atoms with Crippen LogP contribution in [0.2, 0.25) is 0 Å². The molecule has 3 N–H and O–H groups in total. The summed E-state index contributed by atoms with van der Waals surface area (Å²) in [5.74, 6) is -1.39. The number of anilines is 1. The van der Waals surface area contributed by atoms with Gasteiger partial charge in [-0.15, -0.1) is 0 Å². The normalized spacial score (nSPS) is 21.5. The Bertz CT molecular complexity index is 1050. The molecule has 0 radical (unpaired) electrons. The van der Waals surface area contributed by atoms with Crippen molar-refractivity contribution < 1.29 is 22.4 Å². The van der Waals surface area contributed by atoms with Crippen molar-refractivity contribution >= 4 is 28.5 Å². The Kier molecular flexibility index (Phi) is 5.72. The molecule has 1 aromatic carbocycles. The van der Waals surface area contributed by atoms with Gasteiger partial charge in [0, 0.05) is 17.4 Å². The molecule has 0 saturated heterocycles. The molecule has 0 aliphatic carbocycles. The number of rotatable bonds is 3. The van der Waals surface area contributed by atoms with Crippen LogP contribution in [-0.4, -0.2) is 27.5 Å². The van der Waals surface area contributed by atoms with Crippen molar-refractivity contribution in [3.8, 4) is 6.07 Å². The van der Waals surface area contributed by atoms with E-state index in [-0.39, 0.29) is 27.7 Å². The predicted molar refractivity (Wildman–Crippen MR) is 104 cm³/mol. The first-order valence-corrected chi connectivity index (χ1v) is 9.46. The molecule has 1 amide bonds. The number of nitrogens with zero attached hydrogens (tertiary/aromatic N) is 3. The number of alkyl halides is 3. The van der Waals surface area contributed by atoms with Gasteiger partial charge in [0.15, 0.2) is 5.17 Å². The molecule has 11 heteroatoms. The highest BCUT2D eigenvalue weighted by Gasteiger charge is 2.48. The van der Waals surface area contributed by atoms with Crippen LogP contribution in [0.4, 0.5) is 23.2 Å². The summed E-state index contributed by atoms with van der Waals surface area (Å²) < 4.78 is 54.3. The largest absolute Gasteiger partial charge is 0.401 e. The number of thioether (sulfide) groups is 1. The van der Waals surface area contributed by atoms with Gasteiger partial charge in [-0.25, -0.2) is 9.37 Å². The smallest absolute Gasteiger partial charge is 0.378 e. The van der Waals surface area contributed by atoms with Crippen molar-refractivity contribution in [1.29, 1.82) is 5.26 Å². The van der Waals surface area contributed by atoms with E-state index in [0.717, 1.165) is 6.07 Å². The van der Waals surface area contributed by atoms with Crippen molar-refractivity contribution in [3.63, 3.8) is 0 Å². The van der Waals surface area contributed by atoms with Crippen LogP contribution in [0, 0.1) is 17.1 Å². The third-order valence-electron chi connectivity index (χ3n) is 4.50. The van der Waals surface area contributed by atoms with E-state index < -0.39 is 35.1 Å². The maximum Gasteiger partial charge on any atom is 0.401 e. The summed E-state index contributed by atoms with van der Waals surface area (Å²) in [6.45, 7) is 1.37. The van der Waals surface area contributed by atoms with Gasteiger partial charge in [0.1, 0.15) is 22.8 Å². The summed E-state index contributed by atoms with van der Waals surface area (Å²) in [7, 11) is 0. The minimum atomic E-state index is -4.53. The number of carbonyl (C=O) groups is 1. The Labute approximate surface area is 173 Å². The van der Waals surface area contributed by atoms with Crippen molar-refractivity contribution in [2.45, 2.75) is 30.3 Å². The fourth-order valence-corrected chi connectivity index (χ4v) is 4.11. The Morgan fingerprint density at radius 3 is 2.70 bits per heavy atom. The number of aliphatic imine (C=N–C) groups is 1. The van der Waals surface area contributed by atoms with Crippen molar-refractivity contribution in [1.82, 2.24) is 4.98 Å². The van der Waals surface area contributed by atoms with Crippen molar-refractivity contribution in [2.24, 2.45) is 10.7 Å². The number of carbonyl (C=O) groups excluding carboxylic acids is 1. The Hall–Kier alpha value is -3.13. The molecule has 1 aromatic heterocycles. The fraction of sp³-hybridized carbons (Fsp3) is 0.263. The number of hydrogen-bond donors (Lipinski definition) is 2.